The molecule has 76 valence electrons. The number of nitrogens with two attached hydrogens (primary N) is 1. The molecule has 0 aliphatic heterocycles. The van der Waals surface area contributed by atoms with Crippen molar-refractivity contribution < 1.29 is 9.59 Å². The van der Waals surface area contributed by atoms with Gasteiger partial charge >= 0.3 is 0 Å². The van der Waals surface area contributed by atoms with Crippen LogP contribution in [0.15, 0.2) is 0 Å². The average molecular weight is 186 g/mol. The highest BCUT2D eigenvalue weighted by atomic mass is 16.2. The van der Waals surface area contributed by atoms with Crippen LogP contribution in [-0.4, -0.2) is 24.3 Å². The monoisotopic (exact) mass is 186 g/mol. The summed E-state index contributed by atoms with van der Waals surface area (Å²) < 4.78 is 0. The molecule has 0 aromatic carbocycles. The zero-order chi connectivity index (χ0) is 10.3. The van der Waals surface area contributed by atoms with E-state index < -0.39 is 0 Å². The predicted octanol–water partition coefficient (Wildman–Crippen LogP) is 0.209. The lowest BCUT2D eigenvalue weighted by Gasteiger charge is -2.09. The van der Waals surface area contributed by atoms with Crippen molar-refractivity contribution in [1.29, 1.82) is 0 Å². The first-order valence-corrected chi connectivity index (χ1v) is 4.58. The molecule has 0 spiro atoms. The highest BCUT2D eigenvalue weighted by molar-refractivity contribution is 5.83. The molecule has 0 saturated heterocycles. The van der Waals surface area contributed by atoms with Gasteiger partial charge in [-0.1, -0.05) is 6.92 Å². The Balaban J connectivity index is 3.46. The third kappa shape index (κ3) is 7.46. The molecule has 0 radical (unpaired) electrons. The topological polar surface area (TPSA) is 72.2 Å². The molecule has 4 nitrogen and oxygen atoms in total. The van der Waals surface area contributed by atoms with Gasteiger partial charge in [0.25, 0.3) is 0 Å². The summed E-state index contributed by atoms with van der Waals surface area (Å²) >= 11 is 0. The second-order valence-corrected chi connectivity index (χ2v) is 3.17. The smallest absolute Gasteiger partial charge is 0.220 e. The Bertz CT molecular complexity index is 180. The molecule has 0 heterocycles. The molecule has 0 aliphatic rings. The van der Waals surface area contributed by atoms with Crippen molar-refractivity contribution in [2.75, 3.05) is 6.54 Å². The molecule has 0 rings (SSSR count). The molecule has 13 heavy (non-hydrogen) atoms. The van der Waals surface area contributed by atoms with Crippen molar-refractivity contribution >= 4 is 11.7 Å². The van der Waals surface area contributed by atoms with Gasteiger partial charge < -0.3 is 15.8 Å². The fraction of sp³-hybridized carbons (Fsp3) is 0.778. The van der Waals surface area contributed by atoms with Gasteiger partial charge in [-0.15, -0.1) is 0 Å². The summed E-state index contributed by atoms with van der Waals surface area (Å²) in [4.78, 5) is 21.6. The average Bonchev–Trinajstić information content (AvgIpc) is 2.10. The minimum Gasteiger partial charge on any atom is -0.355 e. The lowest BCUT2D eigenvalue weighted by Crippen LogP contribution is -2.36. The van der Waals surface area contributed by atoms with E-state index in [2.05, 4.69) is 5.32 Å². The predicted molar refractivity (Wildman–Crippen MR) is 51.2 cm³/mol. The van der Waals surface area contributed by atoms with E-state index in [0.29, 0.717) is 13.0 Å². The lowest BCUT2D eigenvalue weighted by atomic mass is 10.2. The van der Waals surface area contributed by atoms with E-state index in [0.717, 1.165) is 6.42 Å². The Morgan fingerprint density at radius 1 is 1.38 bits per heavy atom. The third-order valence-electron chi connectivity index (χ3n) is 1.79. The lowest BCUT2D eigenvalue weighted by molar-refractivity contribution is -0.124. The Kier molecular flexibility index (Phi) is 6.14. The standard InChI is InChI=1S/C9H18N2O2/c1-3-8(10)6-11-9(13)5-4-7(2)12/h8H,3-6,10H2,1-2H3,(H,11,13). The second-order valence-electron chi connectivity index (χ2n) is 3.17. The molecule has 0 aromatic rings. The van der Waals surface area contributed by atoms with Crippen LogP contribution in [-0.2, 0) is 9.59 Å². The molecule has 0 aliphatic carbocycles. The van der Waals surface area contributed by atoms with Crippen molar-refractivity contribution in [2.45, 2.75) is 39.2 Å². The zero-order valence-electron chi connectivity index (χ0n) is 8.30. The molecule has 1 atom stereocenters. The van der Waals surface area contributed by atoms with Crippen molar-refractivity contribution in [3.05, 3.63) is 0 Å². The third-order valence-corrected chi connectivity index (χ3v) is 1.79. The molecule has 1 amide bonds. The number of hydrogen-bond donors (Lipinski definition) is 2. The van der Waals surface area contributed by atoms with Crippen LogP contribution >= 0.6 is 0 Å². The summed E-state index contributed by atoms with van der Waals surface area (Å²) in [5.41, 5.74) is 5.60. The van der Waals surface area contributed by atoms with Crippen molar-refractivity contribution in [3.63, 3.8) is 0 Å². The highest BCUT2D eigenvalue weighted by Gasteiger charge is 2.04. The minimum absolute atomic E-state index is 0.0151. The van der Waals surface area contributed by atoms with Gasteiger partial charge in [0.05, 0.1) is 0 Å². The highest BCUT2D eigenvalue weighted by Crippen LogP contribution is 1.90. The van der Waals surface area contributed by atoms with Gasteiger partial charge in [-0.25, -0.2) is 0 Å². The van der Waals surface area contributed by atoms with E-state index in [9.17, 15) is 9.59 Å². The first kappa shape index (κ1) is 12.1. The fourth-order valence-electron chi connectivity index (χ4n) is 0.767. The summed E-state index contributed by atoms with van der Waals surface area (Å²) in [5.74, 6) is -0.0611. The van der Waals surface area contributed by atoms with E-state index in [-0.39, 0.29) is 24.2 Å². The Labute approximate surface area is 78.9 Å². The molecular formula is C9H18N2O2. The van der Waals surface area contributed by atoms with Crippen LogP contribution in [0.1, 0.15) is 33.1 Å². The first-order chi connectivity index (χ1) is 6.06. The molecule has 1 unspecified atom stereocenters. The number of ketones is 1. The molecule has 0 aromatic heterocycles. The first-order valence-electron chi connectivity index (χ1n) is 4.58. The molecular weight excluding hydrogens is 168 g/mol. The summed E-state index contributed by atoms with van der Waals surface area (Å²) in [6.07, 6.45) is 1.42. The second kappa shape index (κ2) is 6.60. The molecule has 3 N–H and O–H groups in total. The van der Waals surface area contributed by atoms with Gasteiger partial charge in [0, 0.05) is 25.4 Å². The van der Waals surface area contributed by atoms with Crippen LogP contribution in [0, 0.1) is 0 Å². The van der Waals surface area contributed by atoms with Gasteiger partial charge in [-0.05, 0) is 13.3 Å². The maximum Gasteiger partial charge on any atom is 0.220 e. The minimum atomic E-state index is -0.0981. The molecule has 0 saturated carbocycles. The summed E-state index contributed by atoms with van der Waals surface area (Å²) in [6.45, 7) is 3.94. The largest absolute Gasteiger partial charge is 0.355 e. The van der Waals surface area contributed by atoms with Crippen LogP contribution in [0.4, 0.5) is 0 Å². The zero-order valence-corrected chi connectivity index (χ0v) is 8.30. The van der Waals surface area contributed by atoms with Gasteiger partial charge in [0.1, 0.15) is 5.78 Å². The van der Waals surface area contributed by atoms with Crippen LogP contribution in [0.2, 0.25) is 0 Å². The van der Waals surface area contributed by atoms with Crippen molar-refractivity contribution in [1.82, 2.24) is 5.32 Å². The van der Waals surface area contributed by atoms with Crippen LogP contribution in [0.25, 0.3) is 0 Å². The van der Waals surface area contributed by atoms with Gasteiger partial charge in [0.2, 0.25) is 5.91 Å². The van der Waals surface area contributed by atoms with Crippen LogP contribution in [0.5, 0.6) is 0 Å². The maximum absolute atomic E-state index is 11.0. The van der Waals surface area contributed by atoms with Crippen molar-refractivity contribution in [2.24, 2.45) is 5.73 Å². The Hall–Kier alpha value is -0.900. The molecule has 4 heteroatoms. The number of amides is 1. The quantitative estimate of drug-likeness (QED) is 0.622. The number of nitrogens with one attached hydrogen (secondary N) is 1. The van der Waals surface area contributed by atoms with Gasteiger partial charge in [-0.3, -0.25) is 4.79 Å². The normalized spacial score (nSPS) is 12.2. The number of Topliss-reactive ketones (excluding diaryl/α,β-unsaturated/α-hetero) is 1. The van der Waals surface area contributed by atoms with Gasteiger partial charge in [0.15, 0.2) is 0 Å². The maximum atomic E-state index is 11.0. The van der Waals surface area contributed by atoms with Gasteiger partial charge in [-0.2, -0.15) is 0 Å². The van der Waals surface area contributed by atoms with E-state index in [4.69, 9.17) is 5.73 Å². The van der Waals surface area contributed by atoms with E-state index in [1.165, 1.54) is 6.92 Å². The fourth-order valence-corrected chi connectivity index (χ4v) is 0.767. The van der Waals surface area contributed by atoms with Crippen LogP contribution in [0.3, 0.4) is 0 Å². The van der Waals surface area contributed by atoms with Crippen molar-refractivity contribution in [3.8, 4) is 0 Å². The number of hydrogen-bond acceptors (Lipinski definition) is 3. The summed E-state index contributed by atoms with van der Waals surface area (Å²) in [6, 6.07) is 0.0151. The number of rotatable bonds is 6. The Morgan fingerprint density at radius 3 is 2.46 bits per heavy atom. The summed E-state index contributed by atoms with van der Waals surface area (Å²) in [5, 5.41) is 2.67. The molecule has 0 bridgehead atoms. The number of carbonyl (C=O) groups is 2. The summed E-state index contributed by atoms with van der Waals surface area (Å²) in [7, 11) is 0. The van der Waals surface area contributed by atoms with E-state index in [1.54, 1.807) is 0 Å². The van der Waals surface area contributed by atoms with E-state index in [1.807, 2.05) is 6.92 Å². The SMILES string of the molecule is CCC(N)CNC(=O)CCC(C)=O. The molecule has 0 fully saturated rings. The number of carbonyl (C=O) groups excluding carboxylic acids is 2. The van der Waals surface area contributed by atoms with Crippen LogP contribution < -0.4 is 11.1 Å². The van der Waals surface area contributed by atoms with E-state index >= 15 is 0 Å². The Morgan fingerprint density at radius 2 is 2.00 bits per heavy atom.